The van der Waals surface area contributed by atoms with Gasteiger partial charge in [-0.2, -0.15) is 14.5 Å². The van der Waals surface area contributed by atoms with Gasteiger partial charge in [0.25, 0.3) is 5.78 Å². The molecule has 0 fully saturated rings. The zero-order valence-electron chi connectivity index (χ0n) is 10.1. The normalized spacial score (nSPS) is 10.7. The second-order valence-electron chi connectivity index (χ2n) is 3.56. The lowest BCUT2D eigenvalue weighted by molar-refractivity contribution is -0.142. The number of nitrogens with zero attached hydrogens (tertiary/aromatic N) is 4. The maximum atomic E-state index is 10.7. The Balaban J connectivity index is 2.44. The molecule has 2 rings (SSSR count). The van der Waals surface area contributed by atoms with Gasteiger partial charge in [-0.15, -0.1) is 5.10 Å². The first kappa shape index (κ1) is 12.6. The van der Waals surface area contributed by atoms with Gasteiger partial charge in [-0.05, 0) is 6.92 Å². The second kappa shape index (κ2) is 4.77. The minimum absolute atomic E-state index is 0.0175. The summed E-state index contributed by atoms with van der Waals surface area (Å²) in [6, 6.07) is 0. The summed E-state index contributed by atoms with van der Waals surface area (Å²) in [6.45, 7) is 3.06. The summed E-state index contributed by atoms with van der Waals surface area (Å²) in [6.07, 6.45) is 0. The highest BCUT2D eigenvalue weighted by molar-refractivity contribution is 6.30. The Kier molecular flexibility index (Phi) is 3.33. The number of ether oxygens (including phenoxy) is 2. The summed E-state index contributed by atoms with van der Waals surface area (Å²) in [5, 5.41) is 4.46. The molecule has 0 aliphatic rings. The van der Waals surface area contributed by atoms with Crippen molar-refractivity contribution in [3.8, 4) is 5.88 Å². The predicted octanol–water partition coefficient (Wildman–Crippen LogP) is 1.16. The average Bonchev–Trinajstić information content (AvgIpc) is 2.74. The lowest BCUT2D eigenvalue weighted by Gasteiger charge is -2.05. The molecule has 0 aliphatic heterocycles. The highest BCUT2D eigenvalue weighted by Gasteiger charge is 2.14. The minimum atomic E-state index is -0.401. The number of fused-ring (bicyclic) bond motifs is 1. The van der Waals surface area contributed by atoms with Gasteiger partial charge >= 0.3 is 5.97 Å². The molecule has 0 aromatic carbocycles. The van der Waals surface area contributed by atoms with Crippen LogP contribution in [0.4, 0.5) is 0 Å². The summed E-state index contributed by atoms with van der Waals surface area (Å²) in [5.74, 6) is 0.609. The van der Waals surface area contributed by atoms with Crippen molar-refractivity contribution < 1.29 is 14.3 Å². The van der Waals surface area contributed by atoms with Crippen LogP contribution in [0.1, 0.15) is 18.3 Å². The van der Waals surface area contributed by atoms with Crippen LogP contribution in [-0.2, 0) is 16.1 Å². The molecule has 18 heavy (non-hydrogen) atoms. The maximum absolute atomic E-state index is 10.7. The van der Waals surface area contributed by atoms with Crippen LogP contribution >= 0.6 is 11.6 Å². The van der Waals surface area contributed by atoms with Gasteiger partial charge in [-0.3, -0.25) is 4.79 Å². The summed E-state index contributed by atoms with van der Waals surface area (Å²) < 4.78 is 11.3. The van der Waals surface area contributed by atoms with E-state index in [1.807, 2.05) is 0 Å². The van der Waals surface area contributed by atoms with E-state index >= 15 is 0 Å². The fraction of sp³-hybridized carbons (Fsp3) is 0.400. The Labute approximate surface area is 108 Å². The third-order valence-electron chi connectivity index (χ3n) is 2.25. The van der Waals surface area contributed by atoms with Crippen LogP contribution in [0.5, 0.6) is 5.88 Å². The molecule has 96 valence electrons. The van der Waals surface area contributed by atoms with Gasteiger partial charge in [-0.25, -0.2) is 0 Å². The fourth-order valence-electron chi connectivity index (χ4n) is 1.40. The summed E-state index contributed by atoms with van der Waals surface area (Å²) in [7, 11) is 1.50. The summed E-state index contributed by atoms with van der Waals surface area (Å²) >= 11 is 6.12. The number of halogens is 1. The van der Waals surface area contributed by atoms with Crippen molar-refractivity contribution >= 4 is 23.3 Å². The Bertz CT molecular complexity index is 611. The van der Waals surface area contributed by atoms with Crippen LogP contribution in [0.3, 0.4) is 0 Å². The third-order valence-corrected chi connectivity index (χ3v) is 2.69. The molecule has 0 spiro atoms. The van der Waals surface area contributed by atoms with Gasteiger partial charge < -0.3 is 9.47 Å². The van der Waals surface area contributed by atoms with Crippen molar-refractivity contribution in [1.82, 2.24) is 19.6 Å². The van der Waals surface area contributed by atoms with Gasteiger partial charge in [0.15, 0.2) is 12.4 Å². The SMILES string of the molecule is COc1nc2nc(COC(C)=O)nn2c(Cl)c1C. The molecule has 0 bridgehead atoms. The van der Waals surface area contributed by atoms with Gasteiger partial charge in [-0.1, -0.05) is 11.6 Å². The first-order valence-electron chi connectivity index (χ1n) is 5.12. The Morgan fingerprint density at radius 1 is 1.44 bits per heavy atom. The standard InChI is InChI=1S/C10H11ClN4O3/c1-5-8(11)15-10(13-9(5)17-3)12-7(14-15)4-18-6(2)16/h4H2,1-3H3. The van der Waals surface area contributed by atoms with Crippen molar-refractivity contribution in [3.63, 3.8) is 0 Å². The number of methoxy groups -OCH3 is 1. The number of hydrogen-bond acceptors (Lipinski definition) is 6. The minimum Gasteiger partial charge on any atom is -0.481 e. The highest BCUT2D eigenvalue weighted by Crippen LogP contribution is 2.23. The highest BCUT2D eigenvalue weighted by atomic mass is 35.5. The van der Waals surface area contributed by atoms with E-state index in [-0.39, 0.29) is 6.61 Å². The lowest BCUT2D eigenvalue weighted by atomic mass is 10.4. The molecule has 0 N–H and O–H groups in total. The number of rotatable bonds is 3. The van der Waals surface area contributed by atoms with E-state index in [2.05, 4.69) is 15.1 Å². The lowest BCUT2D eigenvalue weighted by Crippen LogP contribution is -2.01. The molecule has 0 radical (unpaired) electrons. The number of esters is 1. The van der Waals surface area contributed by atoms with Crippen molar-refractivity contribution in [2.75, 3.05) is 7.11 Å². The molecule has 0 saturated carbocycles. The van der Waals surface area contributed by atoms with Crippen molar-refractivity contribution in [3.05, 3.63) is 16.5 Å². The molecule has 0 saturated heterocycles. The first-order valence-corrected chi connectivity index (χ1v) is 5.50. The van der Waals surface area contributed by atoms with Crippen LogP contribution < -0.4 is 4.74 Å². The fourth-order valence-corrected chi connectivity index (χ4v) is 1.59. The third kappa shape index (κ3) is 2.21. The monoisotopic (exact) mass is 270 g/mol. The number of carbonyl (C=O) groups is 1. The van der Waals surface area contributed by atoms with Gasteiger partial charge in [0.05, 0.1) is 7.11 Å². The van der Waals surface area contributed by atoms with E-state index in [1.54, 1.807) is 6.92 Å². The number of carbonyl (C=O) groups excluding carboxylic acids is 1. The maximum Gasteiger partial charge on any atom is 0.303 e. The molecule has 2 aromatic heterocycles. The van der Waals surface area contributed by atoms with Gasteiger partial charge in [0.1, 0.15) is 5.15 Å². The van der Waals surface area contributed by atoms with Crippen LogP contribution in [0.25, 0.3) is 5.78 Å². The smallest absolute Gasteiger partial charge is 0.303 e. The summed E-state index contributed by atoms with van der Waals surface area (Å²) in [5.41, 5.74) is 0.663. The quantitative estimate of drug-likeness (QED) is 0.615. The number of hydrogen-bond donors (Lipinski definition) is 0. The Morgan fingerprint density at radius 3 is 2.78 bits per heavy atom. The van der Waals surface area contributed by atoms with E-state index < -0.39 is 5.97 Å². The van der Waals surface area contributed by atoms with Crippen molar-refractivity contribution in [2.45, 2.75) is 20.5 Å². The van der Waals surface area contributed by atoms with Crippen LogP contribution in [0, 0.1) is 6.92 Å². The second-order valence-corrected chi connectivity index (χ2v) is 3.91. The van der Waals surface area contributed by atoms with E-state index in [0.717, 1.165) is 0 Å². The average molecular weight is 271 g/mol. The molecule has 7 nitrogen and oxygen atoms in total. The van der Waals surface area contributed by atoms with Crippen LogP contribution in [-0.4, -0.2) is 32.7 Å². The van der Waals surface area contributed by atoms with E-state index in [9.17, 15) is 4.79 Å². The molecular weight excluding hydrogens is 260 g/mol. The molecule has 0 unspecified atom stereocenters. The van der Waals surface area contributed by atoms with Crippen LogP contribution in [0.15, 0.2) is 0 Å². The molecule has 0 atom stereocenters. The Hall–Kier alpha value is -1.89. The van der Waals surface area contributed by atoms with Crippen molar-refractivity contribution in [2.24, 2.45) is 0 Å². The summed E-state index contributed by atoms with van der Waals surface area (Å²) in [4.78, 5) is 18.9. The molecule has 2 heterocycles. The largest absolute Gasteiger partial charge is 0.481 e. The first-order chi connectivity index (χ1) is 8.52. The zero-order chi connectivity index (χ0) is 13.3. The molecule has 2 aromatic rings. The molecule has 0 amide bonds. The predicted molar refractivity (Wildman–Crippen MR) is 62.6 cm³/mol. The van der Waals surface area contributed by atoms with E-state index in [4.69, 9.17) is 21.1 Å². The van der Waals surface area contributed by atoms with E-state index in [0.29, 0.717) is 28.2 Å². The van der Waals surface area contributed by atoms with Gasteiger partial charge in [0, 0.05) is 12.5 Å². The van der Waals surface area contributed by atoms with Gasteiger partial charge in [0.2, 0.25) is 5.88 Å². The van der Waals surface area contributed by atoms with Crippen molar-refractivity contribution in [1.29, 1.82) is 0 Å². The molecule has 8 heteroatoms. The van der Waals surface area contributed by atoms with E-state index in [1.165, 1.54) is 18.5 Å². The molecular formula is C10H11ClN4O3. The zero-order valence-corrected chi connectivity index (χ0v) is 10.9. The Morgan fingerprint density at radius 2 is 2.17 bits per heavy atom. The molecule has 0 aliphatic carbocycles. The topological polar surface area (TPSA) is 78.6 Å². The van der Waals surface area contributed by atoms with Crippen LogP contribution in [0.2, 0.25) is 5.15 Å². The number of aromatic nitrogens is 4.